The highest BCUT2D eigenvalue weighted by atomic mass is 35.5. The Balaban J connectivity index is 1.79. The summed E-state index contributed by atoms with van der Waals surface area (Å²) >= 11 is 12.6. The van der Waals surface area contributed by atoms with Crippen molar-refractivity contribution in [3.8, 4) is 5.82 Å². The molecule has 0 atom stereocenters. The number of nitrogens with zero attached hydrogens (tertiary/aromatic N) is 4. The SMILES string of the molecule is [C-]#[N+]c1ccc(-n2ccc3c(Cc4c(Cl)cccc4Cl)nccc32)nc1. The number of aromatic nitrogens is 3. The molecule has 0 radical (unpaired) electrons. The minimum Gasteiger partial charge on any atom is -0.301 e. The predicted molar refractivity (Wildman–Crippen MR) is 104 cm³/mol. The van der Waals surface area contributed by atoms with Crippen LogP contribution in [0.15, 0.2) is 61.1 Å². The summed E-state index contributed by atoms with van der Waals surface area (Å²) in [7, 11) is 0. The van der Waals surface area contributed by atoms with E-state index in [0.29, 0.717) is 22.2 Å². The Labute approximate surface area is 160 Å². The van der Waals surface area contributed by atoms with Gasteiger partial charge in [0.2, 0.25) is 5.69 Å². The largest absolute Gasteiger partial charge is 0.301 e. The van der Waals surface area contributed by atoms with Crippen molar-refractivity contribution in [2.24, 2.45) is 0 Å². The molecule has 4 rings (SSSR count). The quantitative estimate of drug-likeness (QED) is 0.418. The second-order valence-electron chi connectivity index (χ2n) is 5.74. The molecular formula is C20H12Cl2N4. The lowest BCUT2D eigenvalue weighted by Crippen LogP contribution is -1.98. The Kier molecular flexibility index (Phi) is 4.34. The van der Waals surface area contributed by atoms with Gasteiger partial charge in [0.1, 0.15) is 5.82 Å². The number of benzene rings is 1. The summed E-state index contributed by atoms with van der Waals surface area (Å²) in [5.41, 5.74) is 3.26. The first-order valence-corrected chi connectivity index (χ1v) is 8.64. The zero-order valence-electron chi connectivity index (χ0n) is 13.5. The van der Waals surface area contributed by atoms with Gasteiger partial charge in [-0.3, -0.25) is 9.97 Å². The average Bonchev–Trinajstić information content (AvgIpc) is 3.10. The summed E-state index contributed by atoms with van der Waals surface area (Å²) in [6, 6.07) is 13.0. The lowest BCUT2D eigenvalue weighted by atomic mass is 10.1. The Morgan fingerprint density at radius 2 is 1.81 bits per heavy atom. The topological polar surface area (TPSA) is 35.1 Å². The van der Waals surface area contributed by atoms with E-state index in [2.05, 4.69) is 14.8 Å². The lowest BCUT2D eigenvalue weighted by molar-refractivity contribution is 1.04. The molecule has 1 aromatic carbocycles. The highest BCUT2D eigenvalue weighted by Gasteiger charge is 2.13. The van der Waals surface area contributed by atoms with Crippen LogP contribution in [0.4, 0.5) is 5.69 Å². The average molecular weight is 379 g/mol. The Bertz CT molecular complexity index is 1120. The molecule has 4 nitrogen and oxygen atoms in total. The number of halogens is 2. The first-order valence-electron chi connectivity index (χ1n) is 7.89. The van der Waals surface area contributed by atoms with Gasteiger partial charge in [-0.2, -0.15) is 0 Å². The molecule has 0 aliphatic heterocycles. The monoisotopic (exact) mass is 378 g/mol. The normalized spacial score (nSPS) is 10.8. The smallest absolute Gasteiger partial charge is 0.205 e. The van der Waals surface area contributed by atoms with Gasteiger partial charge in [0.05, 0.1) is 17.8 Å². The van der Waals surface area contributed by atoms with Crippen LogP contribution in [0.2, 0.25) is 10.0 Å². The molecule has 3 aromatic heterocycles. The van der Waals surface area contributed by atoms with Crippen molar-refractivity contribution in [2.45, 2.75) is 6.42 Å². The number of fused-ring (bicyclic) bond motifs is 1. The van der Waals surface area contributed by atoms with Gasteiger partial charge < -0.3 is 4.57 Å². The van der Waals surface area contributed by atoms with Crippen LogP contribution in [-0.4, -0.2) is 14.5 Å². The van der Waals surface area contributed by atoms with E-state index < -0.39 is 0 Å². The van der Waals surface area contributed by atoms with Crippen LogP contribution in [0.1, 0.15) is 11.3 Å². The van der Waals surface area contributed by atoms with E-state index in [4.69, 9.17) is 29.8 Å². The summed E-state index contributed by atoms with van der Waals surface area (Å²) in [6.07, 6.45) is 5.83. The molecule has 3 heterocycles. The summed E-state index contributed by atoms with van der Waals surface area (Å²) in [4.78, 5) is 12.3. The molecule has 26 heavy (non-hydrogen) atoms. The molecule has 0 fully saturated rings. The Hall–Kier alpha value is -2.87. The second kappa shape index (κ2) is 6.80. The standard InChI is InChI=1S/C20H12Cl2N4/c1-23-13-5-6-20(25-12-13)26-10-8-14-18(24-9-7-19(14)26)11-15-16(21)3-2-4-17(15)22/h2-10,12H,11H2. The third-order valence-corrected chi connectivity index (χ3v) is 4.92. The molecule has 0 bridgehead atoms. The van der Waals surface area contributed by atoms with E-state index in [1.54, 1.807) is 18.5 Å². The van der Waals surface area contributed by atoms with Gasteiger partial charge in [-0.15, -0.1) is 0 Å². The van der Waals surface area contributed by atoms with E-state index in [1.165, 1.54) is 0 Å². The fourth-order valence-corrected chi connectivity index (χ4v) is 3.45. The minimum absolute atomic E-state index is 0.515. The van der Waals surface area contributed by atoms with Crippen LogP contribution < -0.4 is 0 Å². The summed E-state index contributed by atoms with van der Waals surface area (Å²) in [5, 5.41) is 2.28. The van der Waals surface area contributed by atoms with E-state index in [9.17, 15) is 0 Å². The van der Waals surface area contributed by atoms with Gasteiger partial charge in [-0.1, -0.05) is 35.3 Å². The molecule has 0 saturated heterocycles. The zero-order valence-corrected chi connectivity index (χ0v) is 15.0. The van der Waals surface area contributed by atoms with Gasteiger partial charge in [-0.05, 0) is 35.9 Å². The number of hydrogen-bond donors (Lipinski definition) is 0. The van der Waals surface area contributed by atoms with Crippen molar-refractivity contribution in [3.05, 3.63) is 93.8 Å². The molecule has 0 saturated carbocycles. The van der Waals surface area contributed by atoms with Crippen molar-refractivity contribution in [1.82, 2.24) is 14.5 Å². The van der Waals surface area contributed by atoms with Gasteiger partial charge in [-0.25, -0.2) is 4.85 Å². The van der Waals surface area contributed by atoms with Gasteiger partial charge in [0, 0.05) is 40.4 Å². The molecular weight excluding hydrogens is 367 g/mol. The molecule has 0 N–H and O–H groups in total. The van der Waals surface area contributed by atoms with Crippen LogP contribution in [0, 0.1) is 6.57 Å². The summed E-state index contributed by atoms with van der Waals surface area (Å²) < 4.78 is 1.97. The summed E-state index contributed by atoms with van der Waals surface area (Å²) in [6.45, 7) is 7.04. The maximum absolute atomic E-state index is 7.04. The molecule has 0 amide bonds. The van der Waals surface area contributed by atoms with Gasteiger partial charge >= 0.3 is 0 Å². The molecule has 0 aliphatic carbocycles. The first-order chi connectivity index (χ1) is 12.7. The van der Waals surface area contributed by atoms with Crippen LogP contribution in [0.5, 0.6) is 0 Å². The van der Waals surface area contributed by atoms with Crippen LogP contribution in [0.25, 0.3) is 21.6 Å². The number of hydrogen-bond acceptors (Lipinski definition) is 2. The van der Waals surface area contributed by atoms with E-state index in [-0.39, 0.29) is 0 Å². The molecule has 0 spiro atoms. The fourth-order valence-electron chi connectivity index (χ4n) is 2.92. The minimum atomic E-state index is 0.515. The van der Waals surface area contributed by atoms with Crippen LogP contribution in [0.3, 0.4) is 0 Å². The third-order valence-electron chi connectivity index (χ3n) is 4.21. The Morgan fingerprint density at radius 1 is 1.00 bits per heavy atom. The van der Waals surface area contributed by atoms with Crippen LogP contribution in [-0.2, 0) is 6.42 Å². The number of rotatable bonds is 3. The van der Waals surface area contributed by atoms with E-state index in [1.807, 2.05) is 47.2 Å². The third kappa shape index (κ3) is 2.92. The lowest BCUT2D eigenvalue weighted by Gasteiger charge is -2.09. The highest BCUT2D eigenvalue weighted by Crippen LogP contribution is 2.29. The second-order valence-corrected chi connectivity index (χ2v) is 6.55. The molecule has 6 heteroatoms. The maximum atomic E-state index is 7.04. The van der Waals surface area contributed by atoms with Crippen LogP contribution >= 0.6 is 23.2 Å². The zero-order chi connectivity index (χ0) is 18.1. The molecule has 126 valence electrons. The first kappa shape index (κ1) is 16.6. The fraction of sp³-hybridized carbons (Fsp3) is 0.0500. The van der Waals surface area contributed by atoms with Crippen molar-refractivity contribution in [1.29, 1.82) is 0 Å². The van der Waals surface area contributed by atoms with E-state index >= 15 is 0 Å². The van der Waals surface area contributed by atoms with Crippen molar-refractivity contribution in [3.63, 3.8) is 0 Å². The Morgan fingerprint density at radius 3 is 2.50 bits per heavy atom. The maximum Gasteiger partial charge on any atom is 0.205 e. The number of pyridine rings is 2. The van der Waals surface area contributed by atoms with Crippen molar-refractivity contribution < 1.29 is 0 Å². The molecule has 0 aliphatic rings. The van der Waals surface area contributed by atoms with Crippen molar-refractivity contribution in [2.75, 3.05) is 0 Å². The van der Waals surface area contributed by atoms with Crippen molar-refractivity contribution >= 4 is 39.8 Å². The highest BCUT2D eigenvalue weighted by molar-refractivity contribution is 6.36. The molecule has 4 aromatic rings. The predicted octanol–water partition coefficient (Wildman–Crippen LogP) is 5.87. The van der Waals surface area contributed by atoms with E-state index in [0.717, 1.165) is 28.0 Å². The summed E-state index contributed by atoms with van der Waals surface area (Å²) in [5.74, 6) is 0.750. The van der Waals surface area contributed by atoms with Gasteiger partial charge in [0.25, 0.3) is 0 Å². The van der Waals surface area contributed by atoms with Gasteiger partial charge in [0.15, 0.2) is 0 Å². The molecule has 0 unspecified atom stereocenters.